The van der Waals surface area contributed by atoms with Gasteiger partial charge in [0, 0.05) is 18.8 Å². The summed E-state index contributed by atoms with van der Waals surface area (Å²) < 4.78 is 37.7. The Bertz CT molecular complexity index is 915. The van der Waals surface area contributed by atoms with Crippen molar-refractivity contribution < 1.29 is 22.7 Å². The van der Waals surface area contributed by atoms with Gasteiger partial charge in [-0.25, -0.2) is 18.2 Å². The summed E-state index contributed by atoms with van der Waals surface area (Å²) in [4.78, 5) is 19.9. The van der Waals surface area contributed by atoms with Crippen molar-refractivity contribution in [2.45, 2.75) is 30.8 Å². The van der Waals surface area contributed by atoms with Gasteiger partial charge in [0.05, 0.1) is 24.1 Å². The van der Waals surface area contributed by atoms with Gasteiger partial charge in [-0.05, 0) is 44.0 Å². The average molecular weight is 391 g/mol. The molecule has 1 aromatic heterocycles. The molecule has 1 aromatic carbocycles. The van der Waals surface area contributed by atoms with E-state index in [0.29, 0.717) is 30.2 Å². The number of esters is 1. The molecule has 1 saturated heterocycles. The molecule has 3 rings (SSSR count). The van der Waals surface area contributed by atoms with Crippen molar-refractivity contribution in [1.82, 2.24) is 14.3 Å². The second kappa shape index (κ2) is 8.01. The van der Waals surface area contributed by atoms with Crippen molar-refractivity contribution in [2.75, 3.05) is 20.2 Å². The molecule has 1 aliphatic heterocycles. The van der Waals surface area contributed by atoms with Crippen LogP contribution in [0.1, 0.15) is 29.0 Å². The largest absolute Gasteiger partial charge is 0.473 e. The number of carbonyl (C=O) groups is 1. The average Bonchev–Trinajstić information content (AvgIpc) is 2.67. The summed E-state index contributed by atoms with van der Waals surface area (Å²) in [6.45, 7) is 2.43. The van der Waals surface area contributed by atoms with Gasteiger partial charge in [0.1, 0.15) is 11.9 Å². The minimum atomic E-state index is -3.68. The van der Waals surface area contributed by atoms with E-state index >= 15 is 0 Å². The number of benzene rings is 1. The van der Waals surface area contributed by atoms with E-state index in [9.17, 15) is 13.2 Å². The number of aromatic nitrogens is 2. The molecule has 1 atom stereocenters. The highest BCUT2D eigenvalue weighted by atomic mass is 32.2. The Labute approximate surface area is 158 Å². The third-order valence-corrected chi connectivity index (χ3v) is 6.17. The fourth-order valence-electron chi connectivity index (χ4n) is 2.92. The zero-order chi connectivity index (χ0) is 19.4. The molecule has 0 spiro atoms. The molecule has 9 heteroatoms. The molecule has 27 heavy (non-hydrogen) atoms. The maximum atomic E-state index is 12.9. The molecule has 0 saturated carbocycles. The zero-order valence-electron chi connectivity index (χ0n) is 15.2. The number of rotatable bonds is 5. The van der Waals surface area contributed by atoms with Crippen molar-refractivity contribution in [1.29, 1.82) is 0 Å². The lowest BCUT2D eigenvalue weighted by molar-refractivity contribution is 0.0600. The van der Waals surface area contributed by atoms with E-state index in [0.717, 1.165) is 6.42 Å². The normalized spacial score (nSPS) is 18.1. The second-order valence-corrected chi connectivity index (χ2v) is 8.14. The Morgan fingerprint density at radius 2 is 1.96 bits per heavy atom. The Hall–Kier alpha value is -2.52. The number of sulfonamides is 1. The van der Waals surface area contributed by atoms with Gasteiger partial charge in [0.15, 0.2) is 0 Å². The Kier molecular flexibility index (Phi) is 5.71. The topological polar surface area (TPSA) is 98.7 Å². The van der Waals surface area contributed by atoms with Crippen LogP contribution in [0.25, 0.3) is 0 Å². The molecule has 144 valence electrons. The highest BCUT2D eigenvalue weighted by Crippen LogP contribution is 2.23. The first-order chi connectivity index (χ1) is 12.9. The van der Waals surface area contributed by atoms with E-state index < -0.39 is 16.0 Å². The third kappa shape index (κ3) is 4.42. The molecular formula is C18H21N3O5S. The van der Waals surface area contributed by atoms with Crippen LogP contribution in [-0.4, -0.2) is 55.0 Å². The van der Waals surface area contributed by atoms with Crippen molar-refractivity contribution >= 4 is 16.0 Å². The van der Waals surface area contributed by atoms with Crippen LogP contribution >= 0.6 is 0 Å². The molecule has 0 radical (unpaired) electrons. The summed E-state index contributed by atoms with van der Waals surface area (Å²) in [5, 5.41) is 0. The van der Waals surface area contributed by atoms with Gasteiger partial charge < -0.3 is 9.47 Å². The first-order valence-corrected chi connectivity index (χ1v) is 9.99. The first kappa shape index (κ1) is 19.2. The predicted octanol–water partition coefficient (Wildman–Crippen LogP) is 1.80. The van der Waals surface area contributed by atoms with Crippen LogP contribution in [0.4, 0.5) is 0 Å². The molecule has 0 N–H and O–H groups in total. The van der Waals surface area contributed by atoms with E-state index in [1.807, 2.05) is 0 Å². The summed E-state index contributed by atoms with van der Waals surface area (Å²) in [5.74, 6) is 0.526. The van der Waals surface area contributed by atoms with Gasteiger partial charge in [-0.2, -0.15) is 9.29 Å². The third-order valence-electron chi connectivity index (χ3n) is 4.29. The SMILES string of the molecule is COC(=O)c1ccc(S(=O)(=O)N2CCCC(Oc3ccnc(C)n3)C2)cc1. The highest BCUT2D eigenvalue weighted by molar-refractivity contribution is 7.89. The minimum Gasteiger partial charge on any atom is -0.473 e. The first-order valence-electron chi connectivity index (χ1n) is 8.55. The molecule has 0 bridgehead atoms. The van der Waals surface area contributed by atoms with E-state index in [1.54, 1.807) is 19.2 Å². The number of nitrogens with zero attached hydrogens (tertiary/aromatic N) is 3. The summed E-state index contributed by atoms with van der Waals surface area (Å²) in [6, 6.07) is 7.38. The molecular weight excluding hydrogens is 370 g/mol. The van der Waals surface area contributed by atoms with Crippen LogP contribution in [0.5, 0.6) is 5.88 Å². The number of aryl methyl sites for hydroxylation is 1. The minimum absolute atomic E-state index is 0.133. The van der Waals surface area contributed by atoms with Crippen molar-refractivity contribution in [3.8, 4) is 5.88 Å². The number of ether oxygens (including phenoxy) is 2. The number of hydrogen-bond donors (Lipinski definition) is 0. The lowest BCUT2D eigenvalue weighted by Gasteiger charge is -2.31. The van der Waals surface area contributed by atoms with Gasteiger partial charge in [0.25, 0.3) is 0 Å². The highest BCUT2D eigenvalue weighted by Gasteiger charge is 2.31. The Balaban J connectivity index is 1.73. The summed E-state index contributed by atoms with van der Waals surface area (Å²) in [7, 11) is -2.40. The quantitative estimate of drug-likeness (QED) is 0.717. The fraction of sp³-hybridized carbons (Fsp3) is 0.389. The van der Waals surface area contributed by atoms with Gasteiger partial charge in [-0.3, -0.25) is 0 Å². The molecule has 1 unspecified atom stereocenters. The van der Waals surface area contributed by atoms with Gasteiger partial charge in [-0.15, -0.1) is 0 Å². The molecule has 8 nitrogen and oxygen atoms in total. The number of piperidine rings is 1. The number of hydrogen-bond acceptors (Lipinski definition) is 7. The van der Waals surface area contributed by atoms with Gasteiger partial charge in [-0.1, -0.05) is 0 Å². The second-order valence-electron chi connectivity index (χ2n) is 6.20. The lowest BCUT2D eigenvalue weighted by atomic mass is 10.1. The fourth-order valence-corrected chi connectivity index (χ4v) is 4.43. The van der Waals surface area contributed by atoms with Crippen molar-refractivity contribution in [2.24, 2.45) is 0 Å². The van der Waals surface area contributed by atoms with E-state index in [1.165, 1.54) is 35.7 Å². The smallest absolute Gasteiger partial charge is 0.337 e. The predicted molar refractivity (Wildman–Crippen MR) is 97.0 cm³/mol. The molecule has 2 aromatic rings. The van der Waals surface area contributed by atoms with E-state index in [2.05, 4.69) is 14.7 Å². The number of methoxy groups -OCH3 is 1. The van der Waals surface area contributed by atoms with Crippen LogP contribution < -0.4 is 4.74 Å². The summed E-state index contributed by atoms with van der Waals surface area (Å²) in [5.41, 5.74) is 0.301. The Morgan fingerprint density at radius 3 is 2.63 bits per heavy atom. The maximum absolute atomic E-state index is 12.9. The molecule has 2 heterocycles. The molecule has 0 amide bonds. The maximum Gasteiger partial charge on any atom is 0.337 e. The standard InChI is InChI=1S/C18H21N3O5S/c1-13-19-10-9-17(20-13)26-15-4-3-11-21(12-15)27(23,24)16-7-5-14(6-8-16)18(22)25-2/h5-10,15H,3-4,11-12H2,1-2H3. The van der Waals surface area contributed by atoms with Gasteiger partial charge in [0.2, 0.25) is 15.9 Å². The van der Waals surface area contributed by atoms with Crippen LogP contribution in [0, 0.1) is 6.92 Å². The summed E-state index contributed by atoms with van der Waals surface area (Å²) in [6.07, 6.45) is 2.76. The van der Waals surface area contributed by atoms with Crippen molar-refractivity contribution in [3.63, 3.8) is 0 Å². The Morgan fingerprint density at radius 1 is 1.22 bits per heavy atom. The molecule has 1 fully saturated rings. The van der Waals surface area contributed by atoms with Crippen LogP contribution in [0.15, 0.2) is 41.4 Å². The van der Waals surface area contributed by atoms with Crippen molar-refractivity contribution in [3.05, 3.63) is 47.9 Å². The lowest BCUT2D eigenvalue weighted by Crippen LogP contribution is -2.44. The molecule has 0 aliphatic carbocycles. The number of carbonyl (C=O) groups excluding carboxylic acids is 1. The monoisotopic (exact) mass is 391 g/mol. The van der Waals surface area contributed by atoms with E-state index in [-0.39, 0.29) is 17.5 Å². The van der Waals surface area contributed by atoms with E-state index in [4.69, 9.17) is 4.74 Å². The molecule has 1 aliphatic rings. The van der Waals surface area contributed by atoms with Gasteiger partial charge >= 0.3 is 5.97 Å². The van der Waals surface area contributed by atoms with Crippen LogP contribution in [-0.2, 0) is 14.8 Å². The van der Waals surface area contributed by atoms with Crippen LogP contribution in [0.3, 0.4) is 0 Å². The zero-order valence-corrected chi connectivity index (χ0v) is 16.0. The summed E-state index contributed by atoms with van der Waals surface area (Å²) >= 11 is 0. The van der Waals surface area contributed by atoms with Crippen LogP contribution in [0.2, 0.25) is 0 Å².